The molecule has 1 heterocycles. The summed E-state index contributed by atoms with van der Waals surface area (Å²) in [7, 11) is 0. The minimum atomic E-state index is -0.654. The Morgan fingerprint density at radius 3 is 2.44 bits per heavy atom. The van der Waals surface area contributed by atoms with Gasteiger partial charge >= 0.3 is 0 Å². The van der Waals surface area contributed by atoms with Crippen LogP contribution >= 0.6 is 11.3 Å². The standard InChI is InChI=1S/C20H28N4O2S/c1-6-14(7-2)19-23-24-20(27-19)22-18(26)16(12(3)4)21-17(25)15-10-8-9-13(5)11-15/h8-12,14,16H,6-7H2,1-5H3,(H,21,25)(H,22,24,26). The second-order valence-electron chi connectivity index (χ2n) is 7.01. The van der Waals surface area contributed by atoms with Gasteiger partial charge in [0.05, 0.1) is 0 Å². The SMILES string of the molecule is CCC(CC)c1nnc(NC(=O)C(NC(=O)c2cccc(C)c2)C(C)C)s1. The summed E-state index contributed by atoms with van der Waals surface area (Å²) >= 11 is 1.40. The highest BCUT2D eigenvalue weighted by Gasteiger charge is 2.26. The second kappa shape index (κ2) is 9.60. The summed E-state index contributed by atoms with van der Waals surface area (Å²) in [6.45, 7) is 9.95. The van der Waals surface area contributed by atoms with Crippen LogP contribution in [0.1, 0.15) is 67.4 Å². The Morgan fingerprint density at radius 2 is 1.85 bits per heavy atom. The molecule has 146 valence electrons. The van der Waals surface area contributed by atoms with Crippen LogP contribution in [0, 0.1) is 12.8 Å². The quantitative estimate of drug-likeness (QED) is 0.712. The maximum absolute atomic E-state index is 12.7. The number of carbonyl (C=O) groups is 2. The predicted octanol–water partition coefficient (Wildman–Crippen LogP) is 4.14. The third-order valence-corrected chi connectivity index (χ3v) is 5.52. The van der Waals surface area contributed by atoms with Crippen molar-refractivity contribution in [3.05, 3.63) is 40.4 Å². The Bertz CT molecular complexity index is 784. The number of nitrogens with zero attached hydrogens (tertiary/aromatic N) is 2. The van der Waals surface area contributed by atoms with Crippen molar-refractivity contribution < 1.29 is 9.59 Å². The van der Waals surface area contributed by atoms with E-state index in [-0.39, 0.29) is 17.7 Å². The Morgan fingerprint density at radius 1 is 1.15 bits per heavy atom. The number of carbonyl (C=O) groups excluding carboxylic acids is 2. The van der Waals surface area contributed by atoms with Gasteiger partial charge in [-0.2, -0.15) is 0 Å². The zero-order chi connectivity index (χ0) is 20.0. The number of hydrogen-bond donors (Lipinski definition) is 2. The maximum atomic E-state index is 12.7. The summed E-state index contributed by atoms with van der Waals surface area (Å²) in [5, 5.41) is 15.3. The number of anilines is 1. The van der Waals surface area contributed by atoms with Crippen molar-refractivity contribution in [2.75, 3.05) is 5.32 Å². The molecule has 2 aromatic rings. The van der Waals surface area contributed by atoms with Crippen molar-refractivity contribution in [2.24, 2.45) is 5.92 Å². The first-order valence-corrected chi connectivity index (χ1v) is 10.2. The van der Waals surface area contributed by atoms with E-state index in [0.717, 1.165) is 23.4 Å². The van der Waals surface area contributed by atoms with Gasteiger partial charge in [-0.3, -0.25) is 14.9 Å². The second-order valence-corrected chi connectivity index (χ2v) is 8.02. The molecule has 0 bridgehead atoms. The van der Waals surface area contributed by atoms with Crippen LogP contribution in [0.2, 0.25) is 0 Å². The first-order valence-electron chi connectivity index (χ1n) is 9.37. The Kier molecular flexibility index (Phi) is 7.47. The number of benzene rings is 1. The molecule has 27 heavy (non-hydrogen) atoms. The average Bonchev–Trinajstić information content (AvgIpc) is 3.08. The number of aryl methyl sites for hydroxylation is 1. The number of nitrogens with one attached hydrogen (secondary N) is 2. The lowest BCUT2D eigenvalue weighted by Gasteiger charge is -2.21. The van der Waals surface area contributed by atoms with Gasteiger partial charge in [-0.15, -0.1) is 10.2 Å². The molecule has 0 radical (unpaired) electrons. The van der Waals surface area contributed by atoms with Crippen LogP contribution in [0.5, 0.6) is 0 Å². The molecule has 2 N–H and O–H groups in total. The van der Waals surface area contributed by atoms with Crippen LogP contribution in [-0.2, 0) is 4.79 Å². The van der Waals surface area contributed by atoms with E-state index in [0.29, 0.717) is 16.6 Å². The van der Waals surface area contributed by atoms with Gasteiger partial charge in [0.1, 0.15) is 11.0 Å². The van der Waals surface area contributed by atoms with Gasteiger partial charge in [0.15, 0.2) is 0 Å². The van der Waals surface area contributed by atoms with E-state index in [1.54, 1.807) is 12.1 Å². The van der Waals surface area contributed by atoms with E-state index in [4.69, 9.17) is 0 Å². The van der Waals surface area contributed by atoms with Crippen molar-refractivity contribution in [2.45, 2.75) is 59.4 Å². The number of rotatable bonds is 8. The minimum absolute atomic E-state index is 0.0646. The molecule has 0 saturated heterocycles. The van der Waals surface area contributed by atoms with E-state index in [9.17, 15) is 9.59 Å². The van der Waals surface area contributed by atoms with Crippen LogP contribution in [0.15, 0.2) is 24.3 Å². The summed E-state index contributed by atoms with van der Waals surface area (Å²) < 4.78 is 0. The van der Waals surface area contributed by atoms with Gasteiger partial charge in [0, 0.05) is 11.5 Å². The lowest BCUT2D eigenvalue weighted by atomic mass is 10.0. The van der Waals surface area contributed by atoms with Crippen molar-refractivity contribution in [1.29, 1.82) is 0 Å². The molecule has 0 spiro atoms. The molecule has 1 atom stereocenters. The van der Waals surface area contributed by atoms with Gasteiger partial charge in [-0.05, 0) is 37.8 Å². The normalized spacial score (nSPS) is 12.3. The van der Waals surface area contributed by atoms with E-state index >= 15 is 0 Å². The van der Waals surface area contributed by atoms with Crippen LogP contribution in [-0.4, -0.2) is 28.1 Å². The van der Waals surface area contributed by atoms with E-state index in [2.05, 4.69) is 34.7 Å². The fourth-order valence-corrected chi connectivity index (χ4v) is 3.83. The highest BCUT2D eigenvalue weighted by Crippen LogP contribution is 2.28. The molecule has 1 aromatic carbocycles. The third kappa shape index (κ3) is 5.60. The van der Waals surface area contributed by atoms with Crippen molar-refractivity contribution in [3.63, 3.8) is 0 Å². The molecule has 7 heteroatoms. The van der Waals surface area contributed by atoms with Crippen LogP contribution in [0.3, 0.4) is 0 Å². The summed E-state index contributed by atoms with van der Waals surface area (Å²) in [6.07, 6.45) is 1.97. The van der Waals surface area contributed by atoms with Gasteiger partial charge in [0.2, 0.25) is 11.0 Å². The fraction of sp³-hybridized carbons (Fsp3) is 0.500. The summed E-state index contributed by atoms with van der Waals surface area (Å²) in [6, 6.07) is 6.64. The van der Waals surface area contributed by atoms with Gasteiger partial charge in [-0.25, -0.2) is 0 Å². The molecule has 1 aromatic heterocycles. The van der Waals surface area contributed by atoms with E-state index < -0.39 is 6.04 Å². The molecule has 0 aliphatic rings. The molecule has 2 rings (SSSR count). The number of hydrogen-bond acceptors (Lipinski definition) is 5. The summed E-state index contributed by atoms with van der Waals surface area (Å²) in [5.41, 5.74) is 1.54. The molecule has 2 amide bonds. The Labute approximate surface area is 164 Å². The first kappa shape index (κ1) is 21.0. The molecule has 0 aliphatic heterocycles. The lowest BCUT2D eigenvalue weighted by Crippen LogP contribution is -2.47. The Balaban J connectivity index is 2.08. The molecule has 0 saturated carbocycles. The first-order chi connectivity index (χ1) is 12.8. The zero-order valence-corrected chi connectivity index (χ0v) is 17.4. The maximum Gasteiger partial charge on any atom is 0.251 e. The number of aromatic nitrogens is 2. The molecule has 6 nitrogen and oxygen atoms in total. The van der Waals surface area contributed by atoms with Crippen molar-refractivity contribution >= 4 is 28.3 Å². The predicted molar refractivity (Wildman–Crippen MR) is 109 cm³/mol. The lowest BCUT2D eigenvalue weighted by molar-refractivity contribution is -0.118. The van der Waals surface area contributed by atoms with Crippen LogP contribution < -0.4 is 10.6 Å². The van der Waals surface area contributed by atoms with Gasteiger partial charge in [0.25, 0.3) is 5.91 Å². The van der Waals surface area contributed by atoms with E-state index in [1.807, 2.05) is 32.9 Å². The van der Waals surface area contributed by atoms with Gasteiger partial charge < -0.3 is 5.32 Å². The molecule has 0 fully saturated rings. The van der Waals surface area contributed by atoms with Crippen molar-refractivity contribution in [1.82, 2.24) is 15.5 Å². The monoisotopic (exact) mass is 388 g/mol. The number of amides is 2. The summed E-state index contributed by atoms with van der Waals surface area (Å²) in [5.74, 6) is -0.249. The zero-order valence-electron chi connectivity index (χ0n) is 16.6. The fourth-order valence-electron chi connectivity index (χ4n) is 2.82. The Hall–Kier alpha value is -2.28. The molecule has 1 unspecified atom stereocenters. The molecule has 0 aliphatic carbocycles. The third-order valence-electron chi connectivity index (χ3n) is 4.52. The van der Waals surface area contributed by atoms with Crippen LogP contribution in [0.25, 0.3) is 0 Å². The van der Waals surface area contributed by atoms with Gasteiger partial charge in [-0.1, -0.05) is 56.7 Å². The molecular formula is C20H28N4O2S. The van der Waals surface area contributed by atoms with E-state index in [1.165, 1.54) is 11.3 Å². The topological polar surface area (TPSA) is 84.0 Å². The highest BCUT2D eigenvalue weighted by atomic mass is 32.1. The highest BCUT2D eigenvalue weighted by molar-refractivity contribution is 7.15. The molecular weight excluding hydrogens is 360 g/mol. The average molecular weight is 389 g/mol. The smallest absolute Gasteiger partial charge is 0.251 e. The van der Waals surface area contributed by atoms with Crippen LogP contribution in [0.4, 0.5) is 5.13 Å². The minimum Gasteiger partial charge on any atom is -0.340 e. The van der Waals surface area contributed by atoms with Crippen molar-refractivity contribution in [3.8, 4) is 0 Å². The largest absolute Gasteiger partial charge is 0.340 e. The summed E-state index contributed by atoms with van der Waals surface area (Å²) in [4.78, 5) is 25.2.